The molecule has 0 radical (unpaired) electrons. The molecule has 0 atom stereocenters. The fraction of sp³-hybridized carbons (Fsp3) is 0.333. The lowest BCUT2D eigenvalue weighted by Gasteiger charge is -2.08. The van der Waals surface area contributed by atoms with Crippen LogP contribution >= 0.6 is 0 Å². The third-order valence-corrected chi connectivity index (χ3v) is 4.25. The summed E-state index contributed by atoms with van der Waals surface area (Å²) in [5, 5.41) is 2.85. The van der Waals surface area contributed by atoms with E-state index in [2.05, 4.69) is 5.32 Å². The smallest absolute Gasteiger partial charge is 0.338 e. The number of rotatable bonds is 7. The summed E-state index contributed by atoms with van der Waals surface area (Å²) in [6, 6.07) is 12.6. The molecule has 0 aliphatic carbocycles. The van der Waals surface area contributed by atoms with Crippen LogP contribution in [0.1, 0.15) is 41.3 Å². The SMILES string of the molecule is CCCCOC(=O)c1ccc(NC(=O)Cc2ccc3c(c2)CCO3)cc1. The molecule has 0 aromatic heterocycles. The lowest BCUT2D eigenvalue weighted by atomic mass is 10.1. The molecule has 5 nitrogen and oxygen atoms in total. The Morgan fingerprint density at radius 2 is 1.96 bits per heavy atom. The molecule has 2 aromatic carbocycles. The Labute approximate surface area is 153 Å². The number of hydrogen-bond acceptors (Lipinski definition) is 4. The Morgan fingerprint density at radius 1 is 1.15 bits per heavy atom. The van der Waals surface area contributed by atoms with Crippen molar-refractivity contribution in [2.45, 2.75) is 32.6 Å². The number of nitrogens with one attached hydrogen (secondary N) is 1. The van der Waals surface area contributed by atoms with Crippen molar-refractivity contribution < 1.29 is 19.1 Å². The number of benzene rings is 2. The molecule has 0 spiro atoms. The summed E-state index contributed by atoms with van der Waals surface area (Å²) >= 11 is 0. The molecule has 0 unspecified atom stereocenters. The first-order valence-electron chi connectivity index (χ1n) is 8.97. The molecule has 2 aromatic rings. The first kappa shape index (κ1) is 18.0. The molecule has 3 rings (SSSR count). The Kier molecular flexibility index (Phi) is 5.89. The molecule has 0 saturated carbocycles. The second-order valence-corrected chi connectivity index (χ2v) is 6.33. The van der Waals surface area contributed by atoms with E-state index in [0.29, 0.717) is 30.9 Å². The maximum Gasteiger partial charge on any atom is 0.338 e. The van der Waals surface area contributed by atoms with E-state index in [-0.39, 0.29) is 11.9 Å². The van der Waals surface area contributed by atoms with Gasteiger partial charge in [0.15, 0.2) is 0 Å². The third kappa shape index (κ3) is 4.63. The van der Waals surface area contributed by atoms with E-state index in [0.717, 1.165) is 36.1 Å². The number of esters is 1. The van der Waals surface area contributed by atoms with Crippen LogP contribution in [0.5, 0.6) is 5.75 Å². The van der Waals surface area contributed by atoms with Crippen LogP contribution in [0.15, 0.2) is 42.5 Å². The number of fused-ring (bicyclic) bond motifs is 1. The summed E-state index contributed by atoms with van der Waals surface area (Å²) < 4.78 is 10.6. The molecule has 1 N–H and O–H groups in total. The third-order valence-electron chi connectivity index (χ3n) is 4.25. The summed E-state index contributed by atoms with van der Waals surface area (Å²) in [6.45, 7) is 3.18. The van der Waals surface area contributed by atoms with Crippen LogP contribution in [0.2, 0.25) is 0 Å². The maximum atomic E-state index is 12.2. The molecule has 1 aliphatic rings. The quantitative estimate of drug-likeness (QED) is 0.608. The minimum atomic E-state index is -0.336. The number of carbonyl (C=O) groups is 2. The van der Waals surface area contributed by atoms with Crippen molar-refractivity contribution >= 4 is 17.6 Å². The summed E-state index contributed by atoms with van der Waals surface area (Å²) in [5.41, 5.74) is 3.26. The normalized spacial score (nSPS) is 12.2. The van der Waals surface area contributed by atoms with Crippen LogP contribution in [0.25, 0.3) is 0 Å². The second-order valence-electron chi connectivity index (χ2n) is 6.33. The molecule has 5 heteroatoms. The van der Waals surface area contributed by atoms with Gasteiger partial charge in [0.1, 0.15) is 5.75 Å². The van der Waals surface area contributed by atoms with Crippen LogP contribution in [0, 0.1) is 0 Å². The van der Waals surface area contributed by atoms with Gasteiger partial charge in [0.25, 0.3) is 0 Å². The molecule has 0 saturated heterocycles. The number of hydrogen-bond donors (Lipinski definition) is 1. The van der Waals surface area contributed by atoms with E-state index < -0.39 is 0 Å². The van der Waals surface area contributed by atoms with Crippen molar-refractivity contribution in [3.05, 3.63) is 59.2 Å². The van der Waals surface area contributed by atoms with Gasteiger partial charge in [-0.05, 0) is 47.9 Å². The van der Waals surface area contributed by atoms with E-state index in [1.807, 2.05) is 25.1 Å². The highest BCUT2D eigenvalue weighted by molar-refractivity contribution is 5.94. The predicted octanol–water partition coefficient (Wildman–Crippen LogP) is 3.76. The molecule has 26 heavy (non-hydrogen) atoms. The first-order chi connectivity index (χ1) is 12.7. The monoisotopic (exact) mass is 353 g/mol. The van der Waals surface area contributed by atoms with Gasteiger partial charge < -0.3 is 14.8 Å². The van der Waals surface area contributed by atoms with Crippen LogP contribution in [-0.4, -0.2) is 25.1 Å². The van der Waals surface area contributed by atoms with Gasteiger partial charge in [0.05, 0.1) is 25.2 Å². The van der Waals surface area contributed by atoms with Crippen molar-refractivity contribution in [1.82, 2.24) is 0 Å². The highest BCUT2D eigenvalue weighted by atomic mass is 16.5. The fourth-order valence-corrected chi connectivity index (χ4v) is 2.82. The van der Waals surface area contributed by atoms with Crippen molar-refractivity contribution in [1.29, 1.82) is 0 Å². The fourth-order valence-electron chi connectivity index (χ4n) is 2.82. The van der Waals surface area contributed by atoms with E-state index >= 15 is 0 Å². The van der Waals surface area contributed by atoms with E-state index in [9.17, 15) is 9.59 Å². The van der Waals surface area contributed by atoms with Crippen LogP contribution < -0.4 is 10.1 Å². The van der Waals surface area contributed by atoms with Gasteiger partial charge in [-0.3, -0.25) is 4.79 Å². The van der Waals surface area contributed by atoms with Crippen LogP contribution in [-0.2, 0) is 22.4 Å². The molecule has 1 heterocycles. The molecular formula is C21H23NO4. The lowest BCUT2D eigenvalue weighted by Crippen LogP contribution is -2.14. The van der Waals surface area contributed by atoms with Crippen molar-refractivity contribution in [2.75, 3.05) is 18.5 Å². The molecule has 1 amide bonds. The van der Waals surface area contributed by atoms with Gasteiger partial charge in [-0.25, -0.2) is 4.79 Å². The first-order valence-corrected chi connectivity index (χ1v) is 8.97. The Morgan fingerprint density at radius 3 is 2.73 bits per heavy atom. The van der Waals surface area contributed by atoms with Gasteiger partial charge in [0.2, 0.25) is 5.91 Å². The van der Waals surface area contributed by atoms with Gasteiger partial charge in [-0.1, -0.05) is 25.5 Å². The molecule has 1 aliphatic heterocycles. The highest BCUT2D eigenvalue weighted by Gasteiger charge is 2.13. The molecular weight excluding hydrogens is 330 g/mol. The average Bonchev–Trinajstić information content (AvgIpc) is 3.10. The molecule has 0 fully saturated rings. The van der Waals surface area contributed by atoms with Crippen molar-refractivity contribution in [3.63, 3.8) is 0 Å². The summed E-state index contributed by atoms with van der Waals surface area (Å²) in [6.07, 6.45) is 3.03. The molecule has 0 bridgehead atoms. The van der Waals surface area contributed by atoms with E-state index in [4.69, 9.17) is 9.47 Å². The number of ether oxygens (including phenoxy) is 2. The van der Waals surface area contributed by atoms with Gasteiger partial charge in [-0.15, -0.1) is 0 Å². The van der Waals surface area contributed by atoms with E-state index in [1.165, 1.54) is 0 Å². The largest absolute Gasteiger partial charge is 0.493 e. The van der Waals surface area contributed by atoms with E-state index in [1.54, 1.807) is 24.3 Å². The summed E-state index contributed by atoms with van der Waals surface area (Å²) in [4.78, 5) is 24.1. The minimum absolute atomic E-state index is 0.0952. The molecule has 136 valence electrons. The zero-order valence-corrected chi connectivity index (χ0v) is 14.9. The number of carbonyl (C=O) groups excluding carboxylic acids is 2. The average molecular weight is 353 g/mol. The summed E-state index contributed by atoms with van der Waals surface area (Å²) in [5.74, 6) is 0.481. The van der Waals surface area contributed by atoms with Gasteiger partial charge >= 0.3 is 5.97 Å². The number of unbranched alkanes of at least 4 members (excludes halogenated alkanes) is 1. The topological polar surface area (TPSA) is 64.6 Å². The Hall–Kier alpha value is -2.82. The zero-order valence-electron chi connectivity index (χ0n) is 14.9. The standard InChI is InChI=1S/C21H23NO4/c1-2-3-11-26-21(24)16-5-7-18(8-6-16)22-20(23)14-15-4-9-19-17(13-15)10-12-25-19/h4-9,13H,2-3,10-12,14H2,1H3,(H,22,23). The van der Waals surface area contributed by atoms with Crippen molar-refractivity contribution in [2.24, 2.45) is 0 Å². The number of amides is 1. The Bertz CT molecular complexity index is 783. The minimum Gasteiger partial charge on any atom is -0.493 e. The van der Waals surface area contributed by atoms with Crippen LogP contribution in [0.3, 0.4) is 0 Å². The van der Waals surface area contributed by atoms with Crippen molar-refractivity contribution in [3.8, 4) is 5.75 Å². The predicted molar refractivity (Wildman–Crippen MR) is 99.6 cm³/mol. The maximum absolute atomic E-state index is 12.2. The Balaban J connectivity index is 1.53. The highest BCUT2D eigenvalue weighted by Crippen LogP contribution is 2.26. The second kappa shape index (κ2) is 8.52. The lowest BCUT2D eigenvalue weighted by molar-refractivity contribution is -0.115. The van der Waals surface area contributed by atoms with Crippen LogP contribution in [0.4, 0.5) is 5.69 Å². The summed E-state index contributed by atoms with van der Waals surface area (Å²) in [7, 11) is 0. The van der Waals surface area contributed by atoms with Gasteiger partial charge in [0, 0.05) is 12.1 Å². The van der Waals surface area contributed by atoms with Gasteiger partial charge in [-0.2, -0.15) is 0 Å². The number of anilines is 1. The zero-order chi connectivity index (χ0) is 18.4.